The zero-order chi connectivity index (χ0) is 14.2. The maximum Gasteiger partial charge on any atom is 0.253 e. The summed E-state index contributed by atoms with van der Waals surface area (Å²) in [7, 11) is 0. The summed E-state index contributed by atoms with van der Waals surface area (Å²) in [5.74, 6) is 0.0622. The van der Waals surface area contributed by atoms with Crippen molar-refractivity contribution in [2.45, 2.75) is 31.8 Å². The van der Waals surface area contributed by atoms with Gasteiger partial charge < -0.3 is 9.74 Å². The Balaban J connectivity index is 1.63. The van der Waals surface area contributed by atoms with Gasteiger partial charge in [0.2, 0.25) is 0 Å². The molecule has 0 radical (unpaired) electrons. The molecule has 2 aliphatic heterocycles. The van der Waals surface area contributed by atoms with Gasteiger partial charge in [-0.05, 0) is 31.2 Å². The third kappa shape index (κ3) is 2.52. The van der Waals surface area contributed by atoms with E-state index in [0.29, 0.717) is 23.7 Å². The van der Waals surface area contributed by atoms with E-state index in [9.17, 15) is 4.79 Å². The van der Waals surface area contributed by atoms with Crippen molar-refractivity contribution in [1.29, 1.82) is 0 Å². The fourth-order valence-electron chi connectivity index (χ4n) is 2.87. The molecule has 1 spiro atoms. The average molecular weight is 293 g/mol. The van der Waals surface area contributed by atoms with Gasteiger partial charge in [-0.15, -0.1) is 0 Å². The van der Waals surface area contributed by atoms with Crippen LogP contribution in [0.25, 0.3) is 0 Å². The van der Waals surface area contributed by atoms with Gasteiger partial charge in [-0.2, -0.15) is 0 Å². The number of oxime groups is 1. The molecule has 0 N–H and O–H groups in total. The van der Waals surface area contributed by atoms with Crippen LogP contribution in [0.1, 0.15) is 36.5 Å². The normalized spacial score (nSPS) is 20.7. The fourth-order valence-corrected chi connectivity index (χ4v) is 2.99. The lowest BCUT2D eigenvalue weighted by Gasteiger charge is -2.37. The number of likely N-dealkylation sites (tertiary alicyclic amines) is 1. The number of amides is 1. The van der Waals surface area contributed by atoms with Crippen LogP contribution in [0.15, 0.2) is 29.4 Å². The molecule has 4 nitrogen and oxygen atoms in total. The van der Waals surface area contributed by atoms with Gasteiger partial charge in [0.1, 0.15) is 5.60 Å². The minimum atomic E-state index is -0.166. The van der Waals surface area contributed by atoms with Gasteiger partial charge in [-0.25, -0.2) is 0 Å². The van der Waals surface area contributed by atoms with E-state index in [1.807, 2.05) is 11.8 Å². The zero-order valence-electron chi connectivity index (χ0n) is 11.4. The van der Waals surface area contributed by atoms with Gasteiger partial charge in [-0.3, -0.25) is 4.79 Å². The van der Waals surface area contributed by atoms with Crippen LogP contribution in [0, 0.1) is 0 Å². The lowest BCUT2D eigenvalue weighted by molar-refractivity contribution is -0.0568. The minimum Gasteiger partial charge on any atom is -0.389 e. The molecule has 5 heteroatoms. The second-order valence-electron chi connectivity index (χ2n) is 5.58. The van der Waals surface area contributed by atoms with Crippen molar-refractivity contribution in [2.75, 3.05) is 13.1 Å². The molecule has 106 valence electrons. The summed E-state index contributed by atoms with van der Waals surface area (Å²) in [5.41, 5.74) is 1.56. The number of rotatable bonds is 1. The van der Waals surface area contributed by atoms with E-state index in [1.54, 1.807) is 24.3 Å². The third-order valence-electron chi connectivity index (χ3n) is 4.03. The number of halogens is 1. The van der Waals surface area contributed by atoms with Gasteiger partial charge in [0, 0.05) is 42.9 Å². The van der Waals surface area contributed by atoms with Crippen molar-refractivity contribution in [3.63, 3.8) is 0 Å². The molecular weight excluding hydrogens is 276 g/mol. The van der Waals surface area contributed by atoms with Crippen LogP contribution in [-0.2, 0) is 4.84 Å². The number of piperidine rings is 1. The summed E-state index contributed by atoms with van der Waals surface area (Å²) in [6.07, 6.45) is 2.57. The molecule has 1 amide bonds. The molecule has 2 heterocycles. The highest BCUT2D eigenvalue weighted by atomic mass is 35.5. The van der Waals surface area contributed by atoms with Gasteiger partial charge in [-0.1, -0.05) is 16.8 Å². The Morgan fingerprint density at radius 2 is 1.95 bits per heavy atom. The van der Waals surface area contributed by atoms with E-state index in [1.165, 1.54) is 0 Å². The van der Waals surface area contributed by atoms with Crippen LogP contribution in [0.3, 0.4) is 0 Å². The first-order valence-electron chi connectivity index (χ1n) is 6.85. The Bertz CT molecular complexity index is 545. The Morgan fingerprint density at radius 3 is 2.50 bits per heavy atom. The van der Waals surface area contributed by atoms with Gasteiger partial charge in [0.25, 0.3) is 5.91 Å². The number of nitrogens with zero attached hydrogens (tertiary/aromatic N) is 2. The predicted molar refractivity (Wildman–Crippen MR) is 78.1 cm³/mol. The van der Waals surface area contributed by atoms with Crippen molar-refractivity contribution < 1.29 is 9.63 Å². The van der Waals surface area contributed by atoms with E-state index in [0.717, 1.165) is 25.0 Å². The molecule has 0 unspecified atom stereocenters. The topological polar surface area (TPSA) is 41.9 Å². The van der Waals surface area contributed by atoms with Crippen molar-refractivity contribution >= 4 is 23.2 Å². The minimum absolute atomic E-state index is 0.0622. The van der Waals surface area contributed by atoms with Gasteiger partial charge in [0.05, 0.1) is 5.71 Å². The molecule has 1 aromatic carbocycles. The van der Waals surface area contributed by atoms with E-state index < -0.39 is 0 Å². The monoisotopic (exact) mass is 292 g/mol. The smallest absolute Gasteiger partial charge is 0.253 e. The molecule has 2 aliphatic rings. The number of carbonyl (C=O) groups is 1. The molecule has 20 heavy (non-hydrogen) atoms. The third-order valence-corrected chi connectivity index (χ3v) is 4.28. The first-order valence-corrected chi connectivity index (χ1v) is 7.22. The molecule has 0 bridgehead atoms. The summed E-state index contributed by atoms with van der Waals surface area (Å²) in [6.45, 7) is 3.41. The van der Waals surface area contributed by atoms with E-state index in [2.05, 4.69) is 5.16 Å². The molecule has 0 saturated carbocycles. The molecular formula is C15H17ClN2O2. The second kappa shape index (κ2) is 5.09. The standard InChI is InChI=1S/C15H17ClN2O2/c1-11-10-15(20-17-11)6-8-18(9-7-15)14(19)12-2-4-13(16)5-3-12/h2-5H,6-10H2,1H3. The maximum absolute atomic E-state index is 12.4. The quantitative estimate of drug-likeness (QED) is 0.798. The van der Waals surface area contributed by atoms with E-state index >= 15 is 0 Å². The van der Waals surface area contributed by atoms with Crippen LogP contribution < -0.4 is 0 Å². The molecule has 0 aliphatic carbocycles. The average Bonchev–Trinajstić information content (AvgIpc) is 2.81. The summed E-state index contributed by atoms with van der Waals surface area (Å²) in [4.78, 5) is 19.8. The summed E-state index contributed by atoms with van der Waals surface area (Å²) < 4.78 is 0. The van der Waals surface area contributed by atoms with Crippen molar-refractivity contribution in [3.05, 3.63) is 34.9 Å². The molecule has 1 fully saturated rings. The largest absolute Gasteiger partial charge is 0.389 e. The predicted octanol–water partition coefficient (Wildman–Crippen LogP) is 3.11. The molecule has 3 rings (SSSR count). The highest BCUT2D eigenvalue weighted by Crippen LogP contribution is 2.34. The SMILES string of the molecule is CC1=NOC2(CCN(C(=O)c3ccc(Cl)cc3)CC2)C1. The molecule has 1 aromatic rings. The first-order chi connectivity index (χ1) is 9.58. The first kappa shape index (κ1) is 13.4. The van der Waals surface area contributed by atoms with Crippen LogP contribution in [0.4, 0.5) is 0 Å². The van der Waals surface area contributed by atoms with Gasteiger partial charge in [0.15, 0.2) is 0 Å². The van der Waals surface area contributed by atoms with Crippen molar-refractivity contribution in [3.8, 4) is 0 Å². The Morgan fingerprint density at radius 1 is 1.30 bits per heavy atom. The number of hydrogen-bond acceptors (Lipinski definition) is 3. The lowest BCUT2D eigenvalue weighted by atomic mass is 9.87. The lowest BCUT2D eigenvalue weighted by Crippen LogP contribution is -2.46. The Hall–Kier alpha value is -1.55. The van der Waals surface area contributed by atoms with Crippen molar-refractivity contribution in [2.24, 2.45) is 5.16 Å². The van der Waals surface area contributed by atoms with E-state index in [4.69, 9.17) is 16.4 Å². The molecule has 1 saturated heterocycles. The Kier molecular flexibility index (Phi) is 3.42. The van der Waals surface area contributed by atoms with Gasteiger partial charge >= 0.3 is 0 Å². The number of carbonyl (C=O) groups excluding carboxylic acids is 1. The molecule has 0 aromatic heterocycles. The highest BCUT2D eigenvalue weighted by Gasteiger charge is 2.41. The number of benzene rings is 1. The van der Waals surface area contributed by atoms with E-state index in [-0.39, 0.29) is 11.5 Å². The molecule has 0 atom stereocenters. The van der Waals surface area contributed by atoms with Crippen LogP contribution in [0.2, 0.25) is 5.02 Å². The summed E-state index contributed by atoms with van der Waals surface area (Å²) in [6, 6.07) is 7.04. The second-order valence-corrected chi connectivity index (χ2v) is 6.01. The fraction of sp³-hybridized carbons (Fsp3) is 0.467. The zero-order valence-corrected chi connectivity index (χ0v) is 12.2. The highest BCUT2D eigenvalue weighted by molar-refractivity contribution is 6.30. The summed E-state index contributed by atoms with van der Waals surface area (Å²) >= 11 is 5.84. The van der Waals surface area contributed by atoms with Crippen LogP contribution in [-0.4, -0.2) is 35.2 Å². The van der Waals surface area contributed by atoms with Crippen LogP contribution in [0.5, 0.6) is 0 Å². The maximum atomic E-state index is 12.4. The number of hydrogen-bond donors (Lipinski definition) is 0. The van der Waals surface area contributed by atoms with Crippen molar-refractivity contribution in [1.82, 2.24) is 4.90 Å². The Labute approximate surface area is 123 Å². The van der Waals surface area contributed by atoms with Crippen LogP contribution >= 0.6 is 11.6 Å². The summed E-state index contributed by atoms with van der Waals surface area (Å²) in [5, 5.41) is 4.69.